The fraction of sp³-hybridized carbons (Fsp3) is 0.483. The van der Waals surface area contributed by atoms with Crippen molar-refractivity contribution < 1.29 is 23.0 Å². The molecule has 0 saturated carbocycles. The number of nitrogens with zero attached hydrogens (tertiary/aromatic N) is 4. The number of halogens is 1. The number of hydrogen-bond acceptors (Lipinski definition) is 7. The Bertz CT molecular complexity index is 1300. The molecular formula is C29H39FN4O4S. The van der Waals surface area contributed by atoms with E-state index in [4.69, 9.17) is 4.74 Å². The van der Waals surface area contributed by atoms with Crippen LogP contribution in [-0.4, -0.2) is 47.5 Å². The molecule has 4 rings (SSSR count). The van der Waals surface area contributed by atoms with Gasteiger partial charge in [0.25, 0.3) is 0 Å². The second-order valence-corrected chi connectivity index (χ2v) is 12.4. The summed E-state index contributed by atoms with van der Waals surface area (Å²) in [6, 6.07) is 10.4. The Kier molecular flexibility index (Phi) is 9.43. The average Bonchev–Trinajstić information content (AvgIpc) is 3.33. The number of carbonyl (C=O) groups excluding carboxylic acids is 1. The van der Waals surface area contributed by atoms with Gasteiger partial charge in [-0.3, -0.25) is 18.6 Å². The standard InChI is InChI=1S/C29H39FN4O4S/c1-5-33-19-27(31-32-33)12-10-23(15-29(35)38-6-2)22-8-7-21(4)25(14-22)18-34-17-20(3)13-24-9-11-26(30)16-28(24)39(34,36)37/h7-9,11,14,16,19-20,23,36-37H,5-6,10,12-13,15,17-18H2,1-4H3. The minimum absolute atomic E-state index is 0.103. The Morgan fingerprint density at radius 1 is 1.23 bits per heavy atom. The third-order valence-corrected chi connectivity index (χ3v) is 9.31. The molecule has 2 heterocycles. The first kappa shape index (κ1) is 29.2. The van der Waals surface area contributed by atoms with E-state index in [1.54, 1.807) is 22.0 Å². The number of carbonyl (C=O) groups is 1. The molecule has 0 aliphatic carbocycles. The van der Waals surface area contributed by atoms with Gasteiger partial charge in [0.2, 0.25) is 0 Å². The largest absolute Gasteiger partial charge is 0.466 e. The van der Waals surface area contributed by atoms with Crippen LogP contribution in [0, 0.1) is 18.7 Å². The molecule has 39 heavy (non-hydrogen) atoms. The zero-order valence-electron chi connectivity index (χ0n) is 23.1. The maximum Gasteiger partial charge on any atom is 0.306 e. The molecule has 0 bridgehead atoms. The van der Waals surface area contributed by atoms with Gasteiger partial charge in [0.1, 0.15) is 5.82 Å². The van der Waals surface area contributed by atoms with Crippen molar-refractivity contribution in [1.29, 1.82) is 0 Å². The second-order valence-electron chi connectivity index (χ2n) is 10.4. The summed E-state index contributed by atoms with van der Waals surface area (Å²) in [6.07, 6.45) is 4.16. The van der Waals surface area contributed by atoms with Crippen molar-refractivity contribution in [3.05, 3.63) is 76.4 Å². The first-order valence-electron chi connectivity index (χ1n) is 13.6. The topological polar surface area (TPSA) is 101 Å². The maximum absolute atomic E-state index is 14.1. The van der Waals surface area contributed by atoms with E-state index in [9.17, 15) is 18.3 Å². The lowest BCUT2D eigenvalue weighted by molar-refractivity contribution is -0.143. The van der Waals surface area contributed by atoms with Gasteiger partial charge < -0.3 is 4.74 Å². The lowest BCUT2D eigenvalue weighted by Gasteiger charge is -2.43. The van der Waals surface area contributed by atoms with E-state index in [1.807, 2.05) is 32.2 Å². The van der Waals surface area contributed by atoms with Crippen molar-refractivity contribution >= 4 is 16.7 Å². The lowest BCUT2D eigenvalue weighted by atomic mass is 9.88. The van der Waals surface area contributed by atoms with Crippen molar-refractivity contribution in [2.45, 2.75) is 77.3 Å². The normalized spacial score (nSPS) is 18.7. The van der Waals surface area contributed by atoms with Gasteiger partial charge in [-0.2, -0.15) is 4.31 Å². The molecule has 2 N–H and O–H groups in total. The number of aryl methyl sites for hydroxylation is 3. The van der Waals surface area contributed by atoms with Gasteiger partial charge in [0, 0.05) is 25.8 Å². The summed E-state index contributed by atoms with van der Waals surface area (Å²) in [4.78, 5) is 12.8. The molecule has 8 nitrogen and oxygen atoms in total. The Balaban J connectivity index is 1.61. The first-order chi connectivity index (χ1) is 18.6. The third kappa shape index (κ3) is 7.05. The smallest absolute Gasteiger partial charge is 0.306 e. The highest BCUT2D eigenvalue weighted by atomic mass is 32.3. The van der Waals surface area contributed by atoms with Crippen LogP contribution in [0.15, 0.2) is 47.5 Å². The van der Waals surface area contributed by atoms with Gasteiger partial charge in [-0.25, -0.2) is 4.39 Å². The van der Waals surface area contributed by atoms with Gasteiger partial charge in [-0.1, -0.05) is 36.4 Å². The van der Waals surface area contributed by atoms with E-state index in [2.05, 4.69) is 23.3 Å². The minimum atomic E-state index is -3.39. The Labute approximate surface area is 231 Å². The van der Waals surface area contributed by atoms with Gasteiger partial charge in [0.15, 0.2) is 0 Å². The van der Waals surface area contributed by atoms with Crippen LogP contribution in [-0.2, 0) is 35.5 Å². The summed E-state index contributed by atoms with van der Waals surface area (Å²) in [5, 5.41) is 8.36. The van der Waals surface area contributed by atoms with Crippen LogP contribution in [0.3, 0.4) is 0 Å². The van der Waals surface area contributed by atoms with E-state index < -0.39 is 16.6 Å². The number of esters is 1. The Morgan fingerprint density at radius 2 is 2.03 bits per heavy atom. The predicted molar refractivity (Wildman–Crippen MR) is 150 cm³/mol. The summed E-state index contributed by atoms with van der Waals surface area (Å²) < 4.78 is 45.6. The number of fused-ring (bicyclic) bond motifs is 1. The van der Waals surface area contributed by atoms with E-state index in [-0.39, 0.29) is 29.1 Å². The molecule has 2 aromatic carbocycles. The SMILES string of the molecule is CCOC(=O)CC(CCc1cn(CC)nn1)c1ccc(C)c(CN2CC(C)Cc3ccc(F)cc3S2(O)O)c1. The van der Waals surface area contributed by atoms with Crippen LogP contribution >= 0.6 is 10.8 Å². The monoisotopic (exact) mass is 558 g/mol. The highest BCUT2D eigenvalue weighted by molar-refractivity contribution is 8.22. The van der Waals surface area contributed by atoms with Gasteiger partial charge >= 0.3 is 5.97 Å². The van der Waals surface area contributed by atoms with Crippen LogP contribution in [0.1, 0.15) is 67.5 Å². The van der Waals surface area contributed by atoms with Crippen molar-refractivity contribution in [2.75, 3.05) is 13.2 Å². The predicted octanol–water partition coefficient (Wildman–Crippen LogP) is 6.13. The average molecular weight is 559 g/mol. The molecule has 1 aliphatic heterocycles. The summed E-state index contributed by atoms with van der Waals surface area (Å²) in [5.74, 6) is -0.689. The van der Waals surface area contributed by atoms with Crippen LogP contribution in [0.4, 0.5) is 4.39 Å². The number of benzene rings is 2. The zero-order chi connectivity index (χ0) is 28.2. The fourth-order valence-electron chi connectivity index (χ4n) is 5.18. The van der Waals surface area contributed by atoms with Crippen LogP contribution in [0.5, 0.6) is 0 Å². The molecule has 3 aromatic rings. The van der Waals surface area contributed by atoms with E-state index >= 15 is 0 Å². The van der Waals surface area contributed by atoms with E-state index in [0.717, 1.165) is 34.5 Å². The maximum atomic E-state index is 14.1. The molecule has 0 spiro atoms. The molecule has 0 saturated heterocycles. The molecule has 2 atom stereocenters. The van der Waals surface area contributed by atoms with Crippen LogP contribution in [0.2, 0.25) is 0 Å². The summed E-state index contributed by atoms with van der Waals surface area (Å²) >= 11 is 0. The molecule has 10 heteroatoms. The van der Waals surface area contributed by atoms with E-state index in [1.165, 1.54) is 12.1 Å². The molecule has 0 amide bonds. The highest BCUT2D eigenvalue weighted by Crippen LogP contribution is 2.56. The van der Waals surface area contributed by atoms with E-state index in [0.29, 0.717) is 39.0 Å². The summed E-state index contributed by atoms with van der Waals surface area (Å²) in [7, 11) is -3.39. The molecule has 2 unspecified atom stereocenters. The summed E-state index contributed by atoms with van der Waals surface area (Å²) in [6.45, 7) is 9.67. The van der Waals surface area contributed by atoms with Gasteiger partial charge in [-0.15, -0.1) is 15.9 Å². The molecule has 0 radical (unpaired) electrons. The van der Waals surface area contributed by atoms with Crippen molar-refractivity contribution in [3.63, 3.8) is 0 Å². The Hall–Kier alpha value is -2.79. The lowest BCUT2D eigenvalue weighted by Crippen LogP contribution is -2.30. The van der Waals surface area contributed by atoms with Gasteiger partial charge in [0.05, 0.1) is 23.6 Å². The highest BCUT2D eigenvalue weighted by Gasteiger charge is 2.33. The fourth-order valence-corrected chi connectivity index (χ4v) is 7.01. The van der Waals surface area contributed by atoms with Crippen LogP contribution in [0.25, 0.3) is 0 Å². The van der Waals surface area contributed by atoms with Gasteiger partial charge in [-0.05, 0) is 86.3 Å². The van der Waals surface area contributed by atoms with Crippen molar-refractivity contribution in [2.24, 2.45) is 5.92 Å². The molecule has 1 aromatic heterocycles. The molecule has 212 valence electrons. The number of hydrogen-bond donors (Lipinski definition) is 2. The number of aromatic nitrogens is 3. The quantitative estimate of drug-likeness (QED) is 0.289. The van der Waals surface area contributed by atoms with Crippen LogP contribution < -0.4 is 0 Å². The summed E-state index contributed by atoms with van der Waals surface area (Å²) in [5.41, 5.74) is 4.57. The minimum Gasteiger partial charge on any atom is -0.466 e. The number of rotatable bonds is 10. The Morgan fingerprint density at radius 3 is 2.74 bits per heavy atom. The van der Waals surface area contributed by atoms with Crippen molar-refractivity contribution in [1.82, 2.24) is 19.3 Å². The van der Waals surface area contributed by atoms with Crippen molar-refractivity contribution in [3.8, 4) is 0 Å². The third-order valence-electron chi connectivity index (χ3n) is 7.34. The number of ether oxygens (including phenoxy) is 1. The second kappa shape index (κ2) is 12.6. The molecule has 0 fully saturated rings. The first-order valence-corrected chi connectivity index (χ1v) is 15.1. The zero-order valence-corrected chi connectivity index (χ0v) is 24.0. The molecule has 1 aliphatic rings. The molecular weight excluding hydrogens is 519 g/mol.